The molecule has 8 heteroatoms. The molecule has 2 aromatic heterocycles. The lowest BCUT2D eigenvalue weighted by Gasteiger charge is -2.24. The molecule has 4 aromatic rings. The van der Waals surface area contributed by atoms with Gasteiger partial charge < -0.3 is 9.80 Å². The van der Waals surface area contributed by atoms with Gasteiger partial charge in [0, 0.05) is 43.0 Å². The van der Waals surface area contributed by atoms with E-state index in [0.29, 0.717) is 23.3 Å². The first-order valence-electron chi connectivity index (χ1n) is 11.1. The van der Waals surface area contributed by atoms with E-state index in [1.165, 1.54) is 0 Å². The Morgan fingerprint density at radius 1 is 0.938 bits per heavy atom. The van der Waals surface area contributed by atoms with E-state index in [9.17, 15) is 4.79 Å². The molecule has 1 aliphatic carbocycles. The third kappa shape index (κ3) is 3.28. The van der Waals surface area contributed by atoms with Gasteiger partial charge in [-0.2, -0.15) is 0 Å². The Balaban J connectivity index is 1.48. The summed E-state index contributed by atoms with van der Waals surface area (Å²) in [7, 11) is 0. The molecule has 3 heterocycles. The summed E-state index contributed by atoms with van der Waals surface area (Å²) in [6.45, 7) is 3.03. The van der Waals surface area contributed by atoms with Crippen LogP contribution < -0.4 is 4.90 Å². The molecule has 162 valence electrons. The molecule has 1 aliphatic heterocycles. The van der Waals surface area contributed by atoms with Crippen LogP contribution in [0.2, 0.25) is 5.02 Å². The zero-order valence-corrected chi connectivity index (χ0v) is 18.4. The van der Waals surface area contributed by atoms with Gasteiger partial charge in [0.25, 0.3) is 0 Å². The lowest BCUT2D eigenvalue weighted by Crippen LogP contribution is -2.36. The first-order valence-corrected chi connectivity index (χ1v) is 11.5. The summed E-state index contributed by atoms with van der Waals surface area (Å²) in [5.41, 5.74) is 2.46. The van der Waals surface area contributed by atoms with Crippen molar-refractivity contribution >= 4 is 40.0 Å². The summed E-state index contributed by atoms with van der Waals surface area (Å²) < 4.78 is 2.02. The Morgan fingerprint density at radius 2 is 1.75 bits per heavy atom. The van der Waals surface area contributed by atoms with Crippen LogP contribution in [-0.4, -0.2) is 56.6 Å². The highest BCUT2D eigenvalue weighted by molar-refractivity contribution is 6.33. The Bertz CT molecular complexity index is 1330. The summed E-state index contributed by atoms with van der Waals surface area (Å²) in [6, 6.07) is 15.7. The number of aromatic nitrogens is 4. The molecule has 1 saturated heterocycles. The van der Waals surface area contributed by atoms with Crippen LogP contribution in [0.15, 0.2) is 48.5 Å². The molecule has 1 amide bonds. The maximum atomic E-state index is 12.6. The largest absolute Gasteiger partial charge is 0.341 e. The molecule has 1 saturated carbocycles. The van der Waals surface area contributed by atoms with E-state index in [4.69, 9.17) is 16.6 Å². The first-order chi connectivity index (χ1) is 15.7. The number of benzene rings is 2. The Labute approximate surface area is 190 Å². The van der Waals surface area contributed by atoms with Crippen LogP contribution in [0.4, 0.5) is 5.95 Å². The lowest BCUT2D eigenvalue weighted by molar-refractivity contribution is -0.132. The maximum absolute atomic E-state index is 12.6. The molecule has 7 nitrogen and oxygen atoms in total. The zero-order valence-electron chi connectivity index (χ0n) is 17.6. The smallest absolute Gasteiger partial charge is 0.225 e. The monoisotopic (exact) mass is 446 g/mol. The van der Waals surface area contributed by atoms with E-state index >= 15 is 0 Å². The highest BCUT2D eigenvalue weighted by Gasteiger charge is 2.34. The number of carbonyl (C=O) groups excluding carboxylic acids is 1. The Kier molecular flexibility index (Phi) is 4.72. The van der Waals surface area contributed by atoms with Crippen LogP contribution in [0.1, 0.15) is 19.3 Å². The number of hydrogen-bond donors (Lipinski definition) is 0. The van der Waals surface area contributed by atoms with Crippen molar-refractivity contribution in [2.24, 2.45) is 5.92 Å². The van der Waals surface area contributed by atoms with E-state index in [2.05, 4.69) is 15.1 Å². The topological polar surface area (TPSA) is 66.6 Å². The van der Waals surface area contributed by atoms with Gasteiger partial charge in [-0.1, -0.05) is 35.9 Å². The molecule has 2 aliphatic rings. The fourth-order valence-electron chi connectivity index (χ4n) is 4.52. The SMILES string of the molecule is O=C(C1CC1)N1CCCN(c2nc3ccccc3c3nnc(-c4ccccc4Cl)n23)CC1. The molecule has 2 aromatic carbocycles. The number of anilines is 1. The van der Waals surface area contributed by atoms with Crippen LogP contribution in [-0.2, 0) is 4.79 Å². The number of rotatable bonds is 3. The number of nitrogens with zero attached hydrogens (tertiary/aromatic N) is 6. The quantitative estimate of drug-likeness (QED) is 0.475. The van der Waals surface area contributed by atoms with Crippen LogP contribution in [0.3, 0.4) is 0 Å². The standard InChI is InChI=1S/C24H23ClN6O/c25-19-8-3-1-6-17(19)21-27-28-22-18-7-2-4-9-20(18)26-24(31(21)22)30-13-5-12-29(14-15-30)23(32)16-10-11-16/h1-4,6-9,16H,5,10-15H2. The van der Waals surface area contributed by atoms with Gasteiger partial charge >= 0.3 is 0 Å². The number of carbonyl (C=O) groups is 1. The van der Waals surface area contributed by atoms with Crippen LogP contribution in [0.5, 0.6) is 0 Å². The Hall–Kier alpha value is -3.19. The number of para-hydroxylation sites is 1. The fraction of sp³-hybridized carbons (Fsp3) is 0.333. The highest BCUT2D eigenvalue weighted by Crippen LogP contribution is 2.33. The van der Waals surface area contributed by atoms with Gasteiger partial charge in [-0.3, -0.25) is 4.79 Å². The molecule has 0 atom stereocenters. The number of amides is 1. The second-order valence-electron chi connectivity index (χ2n) is 8.53. The number of fused-ring (bicyclic) bond motifs is 3. The van der Waals surface area contributed by atoms with Crippen molar-refractivity contribution in [3.8, 4) is 11.4 Å². The van der Waals surface area contributed by atoms with Crippen LogP contribution >= 0.6 is 11.6 Å². The van der Waals surface area contributed by atoms with Gasteiger partial charge in [-0.25, -0.2) is 9.38 Å². The minimum absolute atomic E-state index is 0.247. The molecule has 32 heavy (non-hydrogen) atoms. The molecule has 6 rings (SSSR count). The summed E-state index contributed by atoms with van der Waals surface area (Å²) in [5, 5.41) is 10.6. The summed E-state index contributed by atoms with van der Waals surface area (Å²) >= 11 is 6.53. The normalized spacial score (nSPS) is 17.2. The lowest BCUT2D eigenvalue weighted by atomic mass is 10.2. The highest BCUT2D eigenvalue weighted by atomic mass is 35.5. The van der Waals surface area contributed by atoms with Gasteiger partial charge in [0.15, 0.2) is 11.5 Å². The van der Waals surface area contributed by atoms with Gasteiger partial charge in [-0.05, 0) is 43.5 Å². The molecule has 0 N–H and O–H groups in total. The van der Waals surface area contributed by atoms with E-state index in [0.717, 1.165) is 67.0 Å². The fourth-order valence-corrected chi connectivity index (χ4v) is 4.74. The molecule has 0 bridgehead atoms. The van der Waals surface area contributed by atoms with Gasteiger partial charge in [0.2, 0.25) is 11.9 Å². The van der Waals surface area contributed by atoms with Crippen molar-refractivity contribution in [1.29, 1.82) is 0 Å². The van der Waals surface area contributed by atoms with Crippen LogP contribution in [0.25, 0.3) is 27.9 Å². The maximum Gasteiger partial charge on any atom is 0.225 e. The molecule has 0 unspecified atom stereocenters. The zero-order chi connectivity index (χ0) is 21.7. The minimum atomic E-state index is 0.247. The van der Waals surface area contributed by atoms with E-state index in [1.807, 2.05) is 57.8 Å². The van der Waals surface area contributed by atoms with Crippen molar-refractivity contribution in [2.45, 2.75) is 19.3 Å². The van der Waals surface area contributed by atoms with Crippen molar-refractivity contribution in [3.05, 3.63) is 53.6 Å². The molecular formula is C24H23ClN6O. The van der Waals surface area contributed by atoms with Crippen molar-refractivity contribution in [1.82, 2.24) is 24.5 Å². The molecular weight excluding hydrogens is 424 g/mol. The third-order valence-electron chi connectivity index (χ3n) is 6.36. The summed E-state index contributed by atoms with van der Waals surface area (Å²) in [5.74, 6) is 2.02. The van der Waals surface area contributed by atoms with Gasteiger partial charge in [-0.15, -0.1) is 10.2 Å². The predicted molar refractivity (Wildman–Crippen MR) is 125 cm³/mol. The van der Waals surface area contributed by atoms with Gasteiger partial charge in [0.05, 0.1) is 10.5 Å². The summed E-state index contributed by atoms with van der Waals surface area (Å²) in [4.78, 5) is 21.9. The Morgan fingerprint density at radius 3 is 2.59 bits per heavy atom. The van der Waals surface area contributed by atoms with Crippen molar-refractivity contribution in [2.75, 3.05) is 31.1 Å². The molecule has 2 fully saturated rings. The van der Waals surface area contributed by atoms with Crippen molar-refractivity contribution < 1.29 is 4.79 Å². The first kappa shape index (κ1) is 19.5. The van der Waals surface area contributed by atoms with Crippen LogP contribution in [0, 0.1) is 5.92 Å². The second kappa shape index (κ2) is 7.74. The van der Waals surface area contributed by atoms with E-state index in [-0.39, 0.29) is 5.92 Å². The van der Waals surface area contributed by atoms with E-state index < -0.39 is 0 Å². The predicted octanol–water partition coefficient (Wildman–Crippen LogP) is 4.05. The van der Waals surface area contributed by atoms with E-state index in [1.54, 1.807) is 0 Å². The minimum Gasteiger partial charge on any atom is -0.341 e. The average Bonchev–Trinajstić information content (AvgIpc) is 3.61. The second-order valence-corrected chi connectivity index (χ2v) is 8.94. The number of hydrogen-bond acceptors (Lipinski definition) is 5. The molecule has 0 spiro atoms. The summed E-state index contributed by atoms with van der Waals surface area (Å²) in [6.07, 6.45) is 2.97. The number of halogens is 1. The van der Waals surface area contributed by atoms with Gasteiger partial charge in [0.1, 0.15) is 0 Å². The third-order valence-corrected chi connectivity index (χ3v) is 6.69. The van der Waals surface area contributed by atoms with Crippen molar-refractivity contribution in [3.63, 3.8) is 0 Å². The molecule has 0 radical (unpaired) electrons. The average molecular weight is 447 g/mol.